The third kappa shape index (κ3) is 5.37. The van der Waals surface area contributed by atoms with Crippen molar-refractivity contribution >= 4 is 0 Å². The molecule has 27 heavy (non-hydrogen) atoms. The molecule has 5 atom stereocenters. The predicted molar refractivity (Wildman–Crippen MR) is 102 cm³/mol. The summed E-state index contributed by atoms with van der Waals surface area (Å²) < 4.78 is 23.7. The number of hydrogen-bond donors (Lipinski definition) is 1. The van der Waals surface area contributed by atoms with Crippen LogP contribution >= 0.6 is 0 Å². The fourth-order valence-electron chi connectivity index (χ4n) is 3.27. The van der Waals surface area contributed by atoms with Crippen LogP contribution in [0.1, 0.15) is 18.1 Å². The van der Waals surface area contributed by atoms with Gasteiger partial charge in [0.1, 0.15) is 6.10 Å². The molecule has 5 heteroatoms. The molecule has 2 aromatic rings. The van der Waals surface area contributed by atoms with E-state index < -0.39 is 18.5 Å². The van der Waals surface area contributed by atoms with Crippen LogP contribution in [0.3, 0.4) is 0 Å². The quantitative estimate of drug-likeness (QED) is 0.809. The fourth-order valence-corrected chi connectivity index (χ4v) is 3.27. The van der Waals surface area contributed by atoms with Gasteiger partial charge in [0.05, 0.1) is 32.0 Å². The number of hydrogen-bond acceptors (Lipinski definition) is 5. The van der Waals surface area contributed by atoms with E-state index in [-0.39, 0.29) is 18.6 Å². The molecule has 0 saturated carbocycles. The normalized spacial score (nSPS) is 28.6. The van der Waals surface area contributed by atoms with Gasteiger partial charge in [0.2, 0.25) is 0 Å². The van der Waals surface area contributed by atoms with Crippen LogP contribution in [0.5, 0.6) is 0 Å². The van der Waals surface area contributed by atoms with Crippen molar-refractivity contribution in [3.8, 4) is 0 Å². The van der Waals surface area contributed by atoms with E-state index >= 15 is 0 Å². The monoisotopic (exact) mass is 372 g/mol. The highest BCUT2D eigenvalue weighted by atomic mass is 16.7. The minimum absolute atomic E-state index is 0.158. The summed E-state index contributed by atoms with van der Waals surface area (Å²) in [5.41, 5.74) is 2.13. The summed E-state index contributed by atoms with van der Waals surface area (Å²) in [5.74, 6) is -0.158. The Kier molecular flexibility index (Phi) is 7.38. The zero-order valence-electron chi connectivity index (χ0n) is 15.9. The lowest BCUT2D eigenvalue weighted by molar-refractivity contribution is -0.222. The number of rotatable bonds is 7. The van der Waals surface area contributed by atoms with Gasteiger partial charge in [0.15, 0.2) is 6.29 Å². The van der Waals surface area contributed by atoms with Crippen LogP contribution in [-0.4, -0.2) is 43.4 Å². The second-order valence-corrected chi connectivity index (χ2v) is 6.89. The van der Waals surface area contributed by atoms with Crippen LogP contribution in [0, 0.1) is 5.92 Å². The molecule has 1 N–H and O–H groups in total. The second-order valence-electron chi connectivity index (χ2n) is 6.89. The number of aliphatic hydroxyl groups excluding tert-OH is 1. The summed E-state index contributed by atoms with van der Waals surface area (Å²) in [5, 5.41) is 10.4. The lowest BCUT2D eigenvalue weighted by Crippen LogP contribution is -2.45. The van der Waals surface area contributed by atoms with Gasteiger partial charge >= 0.3 is 0 Å². The van der Waals surface area contributed by atoms with E-state index in [4.69, 9.17) is 18.9 Å². The molecule has 1 aliphatic heterocycles. The van der Waals surface area contributed by atoms with Gasteiger partial charge in [-0.15, -0.1) is 0 Å². The van der Waals surface area contributed by atoms with Crippen LogP contribution in [-0.2, 0) is 32.2 Å². The van der Waals surface area contributed by atoms with Gasteiger partial charge < -0.3 is 24.1 Å². The summed E-state index contributed by atoms with van der Waals surface area (Å²) in [4.78, 5) is 0. The Labute approximate surface area is 160 Å². The van der Waals surface area contributed by atoms with Crippen LogP contribution < -0.4 is 0 Å². The lowest BCUT2D eigenvalue weighted by atomic mass is 9.94. The third-order valence-electron chi connectivity index (χ3n) is 4.95. The summed E-state index contributed by atoms with van der Waals surface area (Å²) >= 11 is 0. The van der Waals surface area contributed by atoms with Crippen molar-refractivity contribution in [1.29, 1.82) is 0 Å². The Morgan fingerprint density at radius 1 is 0.889 bits per heavy atom. The standard InChI is InChI=1S/C22H28O5/c1-16-19(23)15-27-22(24-2)21(26-14-18-11-7-4-8-12-18)20(16)25-13-17-9-5-3-6-10-17/h3-12,16,19-23H,13-15H2,1-2H3/t16-,19-,20+,21+,22+/m1/s1. The maximum Gasteiger partial charge on any atom is 0.186 e. The van der Waals surface area contributed by atoms with Gasteiger partial charge in [-0.1, -0.05) is 67.6 Å². The Balaban J connectivity index is 1.75. The van der Waals surface area contributed by atoms with Crippen molar-refractivity contribution in [3.05, 3.63) is 71.8 Å². The van der Waals surface area contributed by atoms with E-state index in [9.17, 15) is 5.11 Å². The van der Waals surface area contributed by atoms with Crippen LogP contribution in [0.4, 0.5) is 0 Å². The molecule has 0 bridgehead atoms. The second kappa shape index (κ2) is 9.97. The van der Waals surface area contributed by atoms with Crippen LogP contribution in [0.15, 0.2) is 60.7 Å². The fraction of sp³-hybridized carbons (Fsp3) is 0.455. The van der Waals surface area contributed by atoms with Gasteiger partial charge in [-0.05, 0) is 11.1 Å². The summed E-state index contributed by atoms with van der Waals surface area (Å²) in [6.45, 7) is 3.00. The molecule has 0 aliphatic carbocycles. The van der Waals surface area contributed by atoms with Gasteiger partial charge in [-0.2, -0.15) is 0 Å². The van der Waals surface area contributed by atoms with E-state index in [0.29, 0.717) is 13.2 Å². The van der Waals surface area contributed by atoms with E-state index in [1.54, 1.807) is 7.11 Å². The van der Waals surface area contributed by atoms with E-state index in [1.165, 1.54) is 0 Å². The minimum atomic E-state index is -0.645. The van der Waals surface area contributed by atoms with E-state index in [1.807, 2.05) is 67.6 Å². The molecule has 1 heterocycles. The van der Waals surface area contributed by atoms with Gasteiger partial charge in [0.25, 0.3) is 0 Å². The van der Waals surface area contributed by atoms with Crippen molar-refractivity contribution in [2.45, 2.75) is 44.7 Å². The number of ether oxygens (including phenoxy) is 4. The Bertz CT molecular complexity index is 619. The van der Waals surface area contributed by atoms with Gasteiger partial charge in [-0.3, -0.25) is 0 Å². The zero-order valence-corrected chi connectivity index (χ0v) is 15.9. The zero-order chi connectivity index (χ0) is 19.1. The average Bonchev–Trinajstić information content (AvgIpc) is 2.83. The maximum absolute atomic E-state index is 10.4. The molecule has 1 fully saturated rings. The minimum Gasteiger partial charge on any atom is -0.390 e. The molecule has 2 aromatic carbocycles. The van der Waals surface area contributed by atoms with Gasteiger partial charge in [0, 0.05) is 13.0 Å². The lowest BCUT2D eigenvalue weighted by Gasteiger charge is -2.33. The maximum atomic E-state index is 10.4. The Morgan fingerprint density at radius 3 is 1.93 bits per heavy atom. The molecule has 0 unspecified atom stereocenters. The highest BCUT2D eigenvalue weighted by molar-refractivity contribution is 5.14. The predicted octanol–water partition coefficient (Wildman–Crippen LogP) is 3.16. The van der Waals surface area contributed by atoms with Crippen molar-refractivity contribution in [3.63, 3.8) is 0 Å². The van der Waals surface area contributed by atoms with Crippen LogP contribution in [0.2, 0.25) is 0 Å². The Hall–Kier alpha value is -1.76. The smallest absolute Gasteiger partial charge is 0.186 e. The topological polar surface area (TPSA) is 57.2 Å². The molecule has 146 valence electrons. The largest absolute Gasteiger partial charge is 0.390 e. The first kappa shape index (κ1) is 20.0. The SMILES string of the molecule is CO[C@H]1OC[C@@H](O)[C@@H](C)[C@H](OCc2ccccc2)[C@@H]1OCc1ccccc1. The first-order valence-corrected chi connectivity index (χ1v) is 9.32. The molecule has 0 spiro atoms. The number of benzene rings is 2. The first-order valence-electron chi connectivity index (χ1n) is 9.32. The number of aliphatic hydroxyl groups is 1. The average molecular weight is 372 g/mol. The summed E-state index contributed by atoms with van der Waals surface area (Å²) in [7, 11) is 1.58. The van der Waals surface area contributed by atoms with Crippen LogP contribution in [0.25, 0.3) is 0 Å². The molecule has 1 aliphatic rings. The Morgan fingerprint density at radius 2 is 1.41 bits per heavy atom. The molecule has 3 rings (SSSR count). The summed E-state index contributed by atoms with van der Waals surface area (Å²) in [6.07, 6.45) is -2.06. The number of methoxy groups -OCH3 is 1. The van der Waals surface area contributed by atoms with Gasteiger partial charge in [-0.25, -0.2) is 0 Å². The van der Waals surface area contributed by atoms with E-state index in [2.05, 4.69) is 0 Å². The highest BCUT2D eigenvalue weighted by Gasteiger charge is 2.42. The summed E-state index contributed by atoms with van der Waals surface area (Å²) in [6, 6.07) is 19.9. The molecule has 0 radical (unpaired) electrons. The highest BCUT2D eigenvalue weighted by Crippen LogP contribution is 2.28. The van der Waals surface area contributed by atoms with Crippen molar-refractivity contribution in [1.82, 2.24) is 0 Å². The molecule has 0 amide bonds. The third-order valence-corrected chi connectivity index (χ3v) is 4.95. The molecular formula is C22H28O5. The first-order chi connectivity index (χ1) is 13.2. The van der Waals surface area contributed by atoms with Crippen molar-refractivity contribution < 1.29 is 24.1 Å². The van der Waals surface area contributed by atoms with Crippen molar-refractivity contribution in [2.24, 2.45) is 5.92 Å². The van der Waals surface area contributed by atoms with Crippen molar-refractivity contribution in [2.75, 3.05) is 13.7 Å². The molecule has 0 aromatic heterocycles. The van der Waals surface area contributed by atoms with E-state index in [0.717, 1.165) is 11.1 Å². The molecule has 5 nitrogen and oxygen atoms in total. The molecular weight excluding hydrogens is 344 g/mol. The molecule has 1 saturated heterocycles.